The third kappa shape index (κ3) is 11.4. The SMILES string of the molecule is O=C(O)CCCCCCCCCCC(C(=O)O)P(=O)(O)O. The molecule has 0 heterocycles. The third-order valence-corrected chi connectivity index (χ3v) is 4.60. The minimum atomic E-state index is -4.56. The highest BCUT2D eigenvalue weighted by atomic mass is 31.2. The summed E-state index contributed by atoms with van der Waals surface area (Å²) in [6.45, 7) is 0. The molecule has 0 aromatic heterocycles. The summed E-state index contributed by atoms with van der Waals surface area (Å²) in [7, 11) is -4.56. The van der Waals surface area contributed by atoms with Crippen molar-refractivity contribution in [2.75, 3.05) is 0 Å². The maximum Gasteiger partial charge on any atom is 0.339 e. The Morgan fingerprint density at radius 1 is 0.810 bits per heavy atom. The van der Waals surface area contributed by atoms with Gasteiger partial charge in [-0.3, -0.25) is 14.2 Å². The molecule has 0 bridgehead atoms. The Balaban J connectivity index is 3.53. The first-order valence-corrected chi connectivity index (χ1v) is 8.93. The van der Waals surface area contributed by atoms with Gasteiger partial charge in [-0.15, -0.1) is 0 Å². The highest BCUT2D eigenvalue weighted by Gasteiger charge is 2.34. The van der Waals surface area contributed by atoms with Gasteiger partial charge in [0, 0.05) is 6.42 Å². The van der Waals surface area contributed by atoms with Crippen LogP contribution in [0.25, 0.3) is 0 Å². The van der Waals surface area contributed by atoms with Crippen LogP contribution in [0, 0.1) is 0 Å². The van der Waals surface area contributed by atoms with Crippen LogP contribution in [0.3, 0.4) is 0 Å². The molecule has 1 unspecified atom stereocenters. The van der Waals surface area contributed by atoms with E-state index in [1.807, 2.05) is 0 Å². The summed E-state index contributed by atoms with van der Waals surface area (Å²) in [6.07, 6.45) is 6.88. The van der Waals surface area contributed by atoms with Gasteiger partial charge in [0.1, 0.15) is 0 Å². The van der Waals surface area contributed by atoms with Crippen molar-refractivity contribution in [1.82, 2.24) is 0 Å². The van der Waals surface area contributed by atoms with E-state index in [0.717, 1.165) is 38.5 Å². The predicted molar refractivity (Wildman–Crippen MR) is 77.3 cm³/mol. The summed E-state index contributed by atoms with van der Waals surface area (Å²) in [6, 6.07) is 0. The maximum atomic E-state index is 11.0. The van der Waals surface area contributed by atoms with Gasteiger partial charge in [-0.2, -0.15) is 0 Å². The van der Waals surface area contributed by atoms with Crippen LogP contribution in [0.1, 0.15) is 64.2 Å². The van der Waals surface area contributed by atoms with Gasteiger partial charge in [0.15, 0.2) is 5.66 Å². The van der Waals surface area contributed by atoms with Crippen LogP contribution in [0.5, 0.6) is 0 Å². The van der Waals surface area contributed by atoms with Crippen molar-refractivity contribution in [2.45, 2.75) is 69.9 Å². The lowest BCUT2D eigenvalue weighted by Crippen LogP contribution is -2.20. The van der Waals surface area contributed by atoms with Crippen LogP contribution in [-0.4, -0.2) is 37.6 Å². The molecule has 0 saturated carbocycles. The van der Waals surface area contributed by atoms with Gasteiger partial charge in [0.25, 0.3) is 0 Å². The predicted octanol–water partition coefficient (Wildman–Crippen LogP) is 2.60. The molecular formula is C13H25O7P. The van der Waals surface area contributed by atoms with E-state index in [0.29, 0.717) is 12.8 Å². The molecule has 0 aromatic carbocycles. The van der Waals surface area contributed by atoms with E-state index in [2.05, 4.69) is 0 Å². The lowest BCUT2D eigenvalue weighted by molar-refractivity contribution is -0.138. The topological polar surface area (TPSA) is 132 Å². The maximum absolute atomic E-state index is 11.0. The standard InChI is InChI=1S/C13H25O7P/c14-12(15)10-8-6-4-2-1-3-5-7-9-11(13(16)17)21(18,19)20/h11H,1-10H2,(H,14,15)(H,16,17)(H2,18,19,20). The number of carboxylic acid groups (broad SMARTS) is 2. The summed E-state index contributed by atoms with van der Waals surface area (Å²) in [4.78, 5) is 38.8. The molecule has 0 radical (unpaired) electrons. The van der Waals surface area contributed by atoms with E-state index >= 15 is 0 Å². The molecule has 0 fully saturated rings. The van der Waals surface area contributed by atoms with Crippen LogP contribution in [0.2, 0.25) is 0 Å². The molecule has 0 rings (SSSR count). The van der Waals surface area contributed by atoms with Crippen molar-refractivity contribution in [3.05, 3.63) is 0 Å². The van der Waals surface area contributed by atoms with Gasteiger partial charge in [-0.05, 0) is 12.8 Å². The summed E-state index contributed by atoms with van der Waals surface area (Å²) in [5.74, 6) is -2.21. The molecule has 8 heteroatoms. The Bertz CT molecular complexity index is 364. The van der Waals surface area contributed by atoms with Crippen molar-refractivity contribution in [1.29, 1.82) is 0 Å². The fraction of sp³-hybridized carbons (Fsp3) is 0.846. The fourth-order valence-electron chi connectivity index (χ4n) is 2.11. The molecule has 1 atom stereocenters. The van der Waals surface area contributed by atoms with E-state index < -0.39 is 25.2 Å². The quantitative estimate of drug-likeness (QED) is 0.302. The minimum absolute atomic E-state index is 0.00176. The van der Waals surface area contributed by atoms with Gasteiger partial charge >= 0.3 is 19.5 Å². The molecule has 0 aliphatic rings. The fourth-order valence-corrected chi connectivity index (χ4v) is 2.92. The molecule has 4 N–H and O–H groups in total. The van der Waals surface area contributed by atoms with Gasteiger partial charge in [0.05, 0.1) is 0 Å². The molecule has 7 nitrogen and oxygen atoms in total. The lowest BCUT2D eigenvalue weighted by atomic mass is 10.1. The van der Waals surface area contributed by atoms with Crippen LogP contribution >= 0.6 is 7.60 Å². The minimum Gasteiger partial charge on any atom is -0.481 e. The van der Waals surface area contributed by atoms with Crippen LogP contribution in [0.15, 0.2) is 0 Å². The molecule has 21 heavy (non-hydrogen) atoms. The van der Waals surface area contributed by atoms with Gasteiger partial charge < -0.3 is 20.0 Å². The first-order valence-electron chi connectivity index (χ1n) is 7.25. The number of unbranched alkanes of at least 4 members (excludes halogenated alkanes) is 7. The van der Waals surface area contributed by atoms with Crippen molar-refractivity contribution in [3.63, 3.8) is 0 Å². The summed E-state index contributed by atoms with van der Waals surface area (Å²) >= 11 is 0. The van der Waals surface area contributed by atoms with Gasteiger partial charge in [-0.1, -0.05) is 44.9 Å². The molecule has 0 aliphatic heterocycles. The smallest absolute Gasteiger partial charge is 0.339 e. The number of hydrogen-bond donors (Lipinski definition) is 4. The molecular weight excluding hydrogens is 299 g/mol. The Morgan fingerprint density at radius 3 is 1.62 bits per heavy atom. The number of rotatable bonds is 13. The van der Waals surface area contributed by atoms with Gasteiger partial charge in [0.2, 0.25) is 0 Å². The molecule has 0 spiro atoms. The Labute approximate surface area is 124 Å². The average molecular weight is 324 g/mol. The summed E-state index contributed by atoms with van der Waals surface area (Å²) < 4.78 is 11.0. The highest BCUT2D eigenvalue weighted by Crippen LogP contribution is 2.43. The zero-order valence-electron chi connectivity index (χ0n) is 12.1. The third-order valence-electron chi connectivity index (χ3n) is 3.31. The van der Waals surface area contributed by atoms with E-state index in [9.17, 15) is 14.2 Å². The number of aliphatic carboxylic acids is 2. The monoisotopic (exact) mass is 324 g/mol. The lowest BCUT2D eigenvalue weighted by Gasteiger charge is -2.13. The van der Waals surface area contributed by atoms with Crippen molar-refractivity contribution < 1.29 is 34.2 Å². The second-order valence-electron chi connectivity index (χ2n) is 5.20. The average Bonchev–Trinajstić information content (AvgIpc) is 2.33. The first kappa shape index (κ1) is 20.1. The number of hydrogen-bond acceptors (Lipinski definition) is 3. The number of carbonyl (C=O) groups is 2. The Kier molecular flexibility index (Phi) is 10.3. The van der Waals surface area contributed by atoms with E-state index in [1.54, 1.807) is 0 Å². The molecule has 0 aliphatic carbocycles. The zero-order valence-corrected chi connectivity index (χ0v) is 13.0. The van der Waals surface area contributed by atoms with Crippen molar-refractivity contribution in [2.24, 2.45) is 0 Å². The molecule has 124 valence electrons. The molecule has 0 aromatic rings. The second-order valence-corrected chi connectivity index (χ2v) is 7.01. The zero-order chi connectivity index (χ0) is 16.3. The molecule has 0 amide bonds. The summed E-state index contributed by atoms with van der Waals surface area (Å²) in [5, 5.41) is 17.2. The van der Waals surface area contributed by atoms with Crippen LogP contribution in [0.4, 0.5) is 0 Å². The molecule has 0 saturated heterocycles. The first-order chi connectivity index (χ1) is 9.75. The Morgan fingerprint density at radius 2 is 1.24 bits per heavy atom. The van der Waals surface area contributed by atoms with E-state index in [-0.39, 0.29) is 12.8 Å². The number of carboxylic acids is 2. The van der Waals surface area contributed by atoms with E-state index in [1.165, 1.54) is 0 Å². The van der Waals surface area contributed by atoms with Gasteiger partial charge in [-0.25, -0.2) is 0 Å². The Hall–Kier alpha value is -0.910. The summed E-state index contributed by atoms with van der Waals surface area (Å²) in [5.41, 5.74) is -1.59. The van der Waals surface area contributed by atoms with Crippen molar-refractivity contribution in [3.8, 4) is 0 Å². The van der Waals surface area contributed by atoms with Crippen molar-refractivity contribution >= 4 is 19.5 Å². The highest BCUT2D eigenvalue weighted by molar-refractivity contribution is 7.53. The largest absolute Gasteiger partial charge is 0.481 e. The normalized spacial score (nSPS) is 13.0. The second kappa shape index (κ2) is 10.8. The van der Waals surface area contributed by atoms with Crippen LogP contribution in [-0.2, 0) is 14.2 Å². The van der Waals surface area contributed by atoms with Crippen LogP contribution < -0.4 is 0 Å². The van der Waals surface area contributed by atoms with E-state index in [4.69, 9.17) is 20.0 Å².